The van der Waals surface area contributed by atoms with Gasteiger partial charge in [-0.2, -0.15) is 0 Å². The minimum Gasteiger partial charge on any atom is -0.256 e. The molecule has 8 aromatic rings. The first-order valence-corrected chi connectivity index (χ1v) is 15.3. The molecule has 9 rings (SSSR count). The molecule has 0 saturated heterocycles. The molecule has 0 unspecified atom stereocenters. The summed E-state index contributed by atoms with van der Waals surface area (Å²) in [6.07, 6.45) is 1.97. The number of nitrogens with zero attached hydrogens (tertiary/aromatic N) is 3. The van der Waals surface area contributed by atoms with Crippen LogP contribution in [-0.2, 0) is 5.41 Å². The van der Waals surface area contributed by atoms with Crippen molar-refractivity contribution in [1.82, 2.24) is 9.97 Å². The first-order valence-electron chi connectivity index (χ1n) is 15.3. The molecule has 0 amide bonds. The molecule has 0 radical (unpaired) electrons. The van der Waals surface area contributed by atoms with Crippen LogP contribution in [-0.4, -0.2) is 9.97 Å². The largest absolute Gasteiger partial charge is 0.256 e. The number of benzene rings is 6. The van der Waals surface area contributed by atoms with E-state index in [1.165, 1.54) is 49.5 Å². The third-order valence-electron chi connectivity index (χ3n) is 9.70. The molecular formula is C42H27N3. The first kappa shape index (κ1) is 25.6. The van der Waals surface area contributed by atoms with Crippen LogP contribution in [0.2, 0.25) is 0 Å². The number of pyridine rings is 2. The second-order valence-corrected chi connectivity index (χ2v) is 12.5. The Morgan fingerprint density at radius 3 is 2.09 bits per heavy atom. The maximum absolute atomic E-state index is 7.49. The van der Waals surface area contributed by atoms with E-state index in [1.54, 1.807) is 0 Å². The minimum absolute atomic E-state index is 0.170. The monoisotopic (exact) mass is 573 g/mol. The Kier molecular flexibility index (Phi) is 5.31. The molecule has 0 spiro atoms. The van der Waals surface area contributed by atoms with Crippen LogP contribution in [0.5, 0.6) is 0 Å². The third-order valence-corrected chi connectivity index (χ3v) is 9.70. The van der Waals surface area contributed by atoms with E-state index >= 15 is 0 Å². The molecule has 0 saturated carbocycles. The number of rotatable bonds is 2. The summed E-state index contributed by atoms with van der Waals surface area (Å²) in [6, 6.07) is 43.0. The van der Waals surface area contributed by atoms with Gasteiger partial charge in [0.05, 0.1) is 23.3 Å². The quantitative estimate of drug-likeness (QED) is 0.152. The van der Waals surface area contributed by atoms with Gasteiger partial charge in [0.2, 0.25) is 0 Å². The maximum Gasteiger partial charge on any atom is 0.187 e. The normalized spacial score (nSPS) is 13.3. The van der Waals surface area contributed by atoms with Gasteiger partial charge in [-0.1, -0.05) is 111 Å². The van der Waals surface area contributed by atoms with Gasteiger partial charge in [0.25, 0.3) is 0 Å². The number of fused-ring (bicyclic) bond motifs is 10. The Labute approximate surface area is 261 Å². The van der Waals surface area contributed by atoms with E-state index in [-0.39, 0.29) is 5.41 Å². The van der Waals surface area contributed by atoms with Gasteiger partial charge < -0.3 is 0 Å². The van der Waals surface area contributed by atoms with E-state index in [2.05, 4.69) is 134 Å². The Balaban J connectivity index is 1.20. The molecule has 45 heavy (non-hydrogen) atoms. The van der Waals surface area contributed by atoms with Crippen molar-refractivity contribution in [3.63, 3.8) is 0 Å². The Bertz CT molecular complexity index is 2570. The third kappa shape index (κ3) is 3.70. The van der Waals surface area contributed by atoms with Gasteiger partial charge in [0.1, 0.15) is 0 Å². The Morgan fingerprint density at radius 2 is 1.27 bits per heavy atom. The van der Waals surface area contributed by atoms with E-state index in [1.807, 2.05) is 12.3 Å². The van der Waals surface area contributed by atoms with Crippen LogP contribution in [0.25, 0.3) is 81.7 Å². The fourth-order valence-electron chi connectivity index (χ4n) is 7.40. The summed E-state index contributed by atoms with van der Waals surface area (Å²) in [6.45, 7) is 12.0. The van der Waals surface area contributed by atoms with Crippen molar-refractivity contribution in [2.24, 2.45) is 0 Å². The van der Waals surface area contributed by atoms with Crippen molar-refractivity contribution >= 4 is 49.0 Å². The Morgan fingerprint density at radius 1 is 0.578 bits per heavy atom. The van der Waals surface area contributed by atoms with Gasteiger partial charge in [-0.25, -0.2) is 9.83 Å². The maximum atomic E-state index is 7.49. The summed E-state index contributed by atoms with van der Waals surface area (Å²) in [5.41, 5.74) is 11.9. The highest BCUT2D eigenvalue weighted by atomic mass is 14.7. The van der Waals surface area contributed by atoms with Crippen molar-refractivity contribution in [3.05, 3.63) is 150 Å². The average molecular weight is 574 g/mol. The van der Waals surface area contributed by atoms with Crippen LogP contribution in [0, 0.1) is 6.57 Å². The van der Waals surface area contributed by atoms with Crippen LogP contribution in [0.3, 0.4) is 0 Å². The van der Waals surface area contributed by atoms with Gasteiger partial charge in [-0.3, -0.25) is 4.98 Å². The Hall–Kier alpha value is -5.85. The summed E-state index contributed by atoms with van der Waals surface area (Å²) >= 11 is 0. The van der Waals surface area contributed by atoms with E-state index in [0.717, 1.165) is 38.4 Å². The van der Waals surface area contributed by atoms with E-state index in [4.69, 9.17) is 16.5 Å². The van der Waals surface area contributed by atoms with Gasteiger partial charge in [0.15, 0.2) is 5.69 Å². The lowest BCUT2D eigenvalue weighted by atomic mass is 9.81. The van der Waals surface area contributed by atoms with Gasteiger partial charge in [-0.15, -0.1) is 0 Å². The molecule has 0 fully saturated rings. The van der Waals surface area contributed by atoms with E-state index < -0.39 is 0 Å². The smallest absolute Gasteiger partial charge is 0.187 e. The van der Waals surface area contributed by atoms with Gasteiger partial charge in [-0.05, 0) is 63.0 Å². The standard InChI is InChI=1S/C42H27N3/c1-42(2)35-22-27(16-18-31(35)32-19-17-29(43-3)23-36(32)42)25-12-14-26(15-13-25)41-34-20-21-38-40(30-9-5-4-8-28(30)24-44-38)39(34)33-10-6-7-11-37(33)45-41/h4-24H,1-2H3. The molecule has 0 aliphatic heterocycles. The summed E-state index contributed by atoms with van der Waals surface area (Å²) < 4.78 is 0. The van der Waals surface area contributed by atoms with Crippen LogP contribution in [0.4, 0.5) is 5.69 Å². The molecule has 0 atom stereocenters. The van der Waals surface area contributed by atoms with Crippen molar-refractivity contribution in [2.45, 2.75) is 19.3 Å². The zero-order valence-electron chi connectivity index (χ0n) is 25.0. The molecule has 3 nitrogen and oxygen atoms in total. The molecule has 0 N–H and O–H groups in total. The van der Waals surface area contributed by atoms with Crippen LogP contribution in [0.1, 0.15) is 25.0 Å². The van der Waals surface area contributed by atoms with Crippen LogP contribution >= 0.6 is 0 Å². The van der Waals surface area contributed by atoms with Crippen molar-refractivity contribution in [1.29, 1.82) is 0 Å². The summed E-state index contributed by atoms with van der Waals surface area (Å²) in [5.74, 6) is 0. The van der Waals surface area contributed by atoms with Crippen molar-refractivity contribution in [3.8, 4) is 33.5 Å². The topological polar surface area (TPSA) is 30.1 Å². The number of hydrogen-bond donors (Lipinski definition) is 0. The van der Waals surface area contributed by atoms with Crippen molar-refractivity contribution in [2.75, 3.05) is 0 Å². The van der Waals surface area contributed by atoms with Gasteiger partial charge >= 0.3 is 0 Å². The number of para-hydroxylation sites is 1. The number of aromatic nitrogens is 2. The molecule has 1 aliphatic rings. The first-order chi connectivity index (χ1) is 22.0. The summed E-state index contributed by atoms with van der Waals surface area (Å²) in [4.78, 5) is 13.7. The highest BCUT2D eigenvalue weighted by Crippen LogP contribution is 2.50. The zero-order valence-corrected chi connectivity index (χ0v) is 25.0. The lowest BCUT2D eigenvalue weighted by Crippen LogP contribution is -2.14. The second-order valence-electron chi connectivity index (χ2n) is 12.5. The lowest BCUT2D eigenvalue weighted by molar-refractivity contribution is 0.661. The highest BCUT2D eigenvalue weighted by Gasteiger charge is 2.35. The summed E-state index contributed by atoms with van der Waals surface area (Å²) in [5, 5.41) is 6.98. The fraction of sp³-hybridized carbons (Fsp3) is 0.0714. The van der Waals surface area contributed by atoms with Crippen LogP contribution in [0.15, 0.2) is 128 Å². The molecule has 2 heterocycles. The predicted molar refractivity (Wildman–Crippen MR) is 187 cm³/mol. The van der Waals surface area contributed by atoms with E-state index in [9.17, 15) is 0 Å². The molecule has 1 aliphatic carbocycles. The number of hydrogen-bond acceptors (Lipinski definition) is 2. The van der Waals surface area contributed by atoms with E-state index in [0.29, 0.717) is 5.69 Å². The molecule has 3 heteroatoms. The highest BCUT2D eigenvalue weighted by molar-refractivity contribution is 6.28. The predicted octanol–water partition coefficient (Wildman–Crippen LogP) is 11.3. The minimum atomic E-state index is -0.170. The second kappa shape index (κ2) is 9.32. The average Bonchev–Trinajstić information content (AvgIpc) is 3.32. The molecule has 0 bridgehead atoms. The van der Waals surface area contributed by atoms with Crippen LogP contribution < -0.4 is 0 Å². The molecule has 6 aromatic carbocycles. The SMILES string of the molecule is [C-]#[N+]c1ccc2c(c1)C(C)(C)c1cc(-c3ccc(-c4nc5ccccc5c5c4ccc4ncc6ccccc6c45)cc3)ccc1-2. The fourth-order valence-corrected chi connectivity index (χ4v) is 7.40. The lowest BCUT2D eigenvalue weighted by Gasteiger charge is -2.22. The summed E-state index contributed by atoms with van der Waals surface area (Å²) in [7, 11) is 0. The van der Waals surface area contributed by atoms with Crippen molar-refractivity contribution < 1.29 is 0 Å². The molecule has 210 valence electrons. The van der Waals surface area contributed by atoms with Gasteiger partial charge in [0, 0.05) is 44.1 Å². The zero-order chi connectivity index (χ0) is 30.3. The molecular weight excluding hydrogens is 546 g/mol. The molecule has 2 aromatic heterocycles.